The first-order valence-corrected chi connectivity index (χ1v) is 7.94. The molecule has 0 atom stereocenters. The van der Waals surface area contributed by atoms with E-state index in [1.807, 2.05) is 0 Å². The first kappa shape index (κ1) is 20.7. The van der Waals surface area contributed by atoms with Crippen LogP contribution in [0.5, 0.6) is 5.75 Å². The summed E-state index contributed by atoms with van der Waals surface area (Å²) in [5.41, 5.74) is -1.47. The summed E-state index contributed by atoms with van der Waals surface area (Å²) in [6, 6.07) is 7.69. The highest BCUT2D eigenvalue weighted by Gasteiger charge is 2.37. The Morgan fingerprint density at radius 3 is 1.93 bits per heavy atom. The van der Waals surface area contributed by atoms with Gasteiger partial charge in [0.2, 0.25) is 0 Å². The van der Waals surface area contributed by atoms with Crippen LogP contribution in [0.4, 0.5) is 0 Å². The Labute approximate surface area is 159 Å². The van der Waals surface area contributed by atoms with Crippen LogP contribution in [-0.4, -0.2) is 46.3 Å². The van der Waals surface area contributed by atoms with Crippen LogP contribution in [0.15, 0.2) is 39.5 Å². The van der Waals surface area contributed by atoms with Crippen molar-refractivity contribution < 1.29 is 37.7 Å². The zero-order valence-corrected chi connectivity index (χ0v) is 15.6. The second-order valence-electron chi connectivity index (χ2n) is 5.43. The Balaban J connectivity index is 2.76. The second-order valence-corrected chi connectivity index (χ2v) is 5.43. The second kappa shape index (κ2) is 8.85. The van der Waals surface area contributed by atoms with E-state index in [0.29, 0.717) is 11.3 Å². The molecule has 2 rings (SSSR count). The Morgan fingerprint density at radius 2 is 1.46 bits per heavy atom. The summed E-state index contributed by atoms with van der Waals surface area (Å²) in [5, 5.41) is 0. The lowest BCUT2D eigenvalue weighted by Gasteiger charge is -2.16. The van der Waals surface area contributed by atoms with Crippen LogP contribution in [-0.2, 0) is 23.8 Å². The van der Waals surface area contributed by atoms with Crippen molar-refractivity contribution in [2.45, 2.75) is 5.92 Å². The molecule has 0 saturated carbocycles. The van der Waals surface area contributed by atoms with Gasteiger partial charge in [0.15, 0.2) is 5.92 Å². The van der Waals surface area contributed by atoms with Crippen LogP contribution in [0.1, 0.15) is 21.8 Å². The number of hydrogen-bond acceptors (Lipinski definition) is 9. The van der Waals surface area contributed by atoms with Gasteiger partial charge in [-0.05, 0) is 30.3 Å². The Morgan fingerprint density at radius 1 is 0.893 bits per heavy atom. The van der Waals surface area contributed by atoms with Crippen molar-refractivity contribution in [2.24, 2.45) is 0 Å². The Kier molecular flexibility index (Phi) is 6.54. The van der Waals surface area contributed by atoms with E-state index in [9.17, 15) is 19.2 Å². The zero-order chi connectivity index (χ0) is 20.8. The molecule has 9 heteroatoms. The molecule has 1 aromatic heterocycles. The third-order valence-electron chi connectivity index (χ3n) is 3.93. The van der Waals surface area contributed by atoms with Crippen molar-refractivity contribution in [3.05, 3.63) is 51.9 Å². The van der Waals surface area contributed by atoms with Gasteiger partial charge in [-0.25, -0.2) is 9.59 Å². The van der Waals surface area contributed by atoms with Crippen molar-refractivity contribution in [1.82, 2.24) is 0 Å². The molecule has 28 heavy (non-hydrogen) atoms. The molecule has 9 nitrogen and oxygen atoms in total. The largest absolute Gasteiger partial charge is 0.497 e. The van der Waals surface area contributed by atoms with E-state index < -0.39 is 35.0 Å². The first-order valence-electron chi connectivity index (χ1n) is 7.94. The molecule has 0 bridgehead atoms. The number of benzene rings is 1. The van der Waals surface area contributed by atoms with E-state index in [1.54, 1.807) is 24.3 Å². The molecule has 1 aromatic carbocycles. The molecule has 0 saturated heterocycles. The van der Waals surface area contributed by atoms with Crippen molar-refractivity contribution in [3.8, 4) is 17.1 Å². The van der Waals surface area contributed by atoms with Crippen LogP contribution >= 0.6 is 0 Å². The van der Waals surface area contributed by atoms with Gasteiger partial charge in [-0.2, -0.15) is 0 Å². The molecule has 0 fully saturated rings. The highest BCUT2D eigenvalue weighted by atomic mass is 16.5. The normalized spacial score (nSPS) is 10.3. The summed E-state index contributed by atoms with van der Waals surface area (Å²) < 4.78 is 24.1. The van der Waals surface area contributed by atoms with Crippen LogP contribution in [0, 0.1) is 0 Å². The first-order chi connectivity index (χ1) is 13.4. The number of hydrogen-bond donors (Lipinski definition) is 0. The average molecular weight is 390 g/mol. The summed E-state index contributed by atoms with van der Waals surface area (Å²) in [5.74, 6) is -4.17. The number of methoxy groups -OCH3 is 4. The summed E-state index contributed by atoms with van der Waals surface area (Å²) >= 11 is 0. The third kappa shape index (κ3) is 4.03. The monoisotopic (exact) mass is 390 g/mol. The van der Waals surface area contributed by atoms with Crippen LogP contribution in [0.25, 0.3) is 11.3 Å². The van der Waals surface area contributed by atoms with Crippen molar-refractivity contribution in [3.63, 3.8) is 0 Å². The summed E-state index contributed by atoms with van der Waals surface area (Å²) in [4.78, 5) is 49.0. The predicted octanol–water partition coefficient (Wildman–Crippen LogP) is 1.53. The van der Waals surface area contributed by atoms with Crippen molar-refractivity contribution in [1.29, 1.82) is 0 Å². The lowest BCUT2D eigenvalue weighted by atomic mass is 9.94. The number of carbonyl (C=O) groups excluding carboxylic acids is 3. The van der Waals surface area contributed by atoms with Gasteiger partial charge >= 0.3 is 23.5 Å². The minimum atomic E-state index is -1.68. The standard InChI is InChI=1S/C19H18O9/c1-24-11-7-5-10(6-8-11)13-9-12(14(16(20)25-2)17(21)26-3)15(18(22)27-4)19(23)28-13/h5-9,14H,1-4H3. The van der Waals surface area contributed by atoms with Gasteiger partial charge in [0.05, 0.1) is 28.4 Å². The number of carbonyl (C=O) groups is 3. The molecular formula is C19H18O9. The van der Waals surface area contributed by atoms with Crippen molar-refractivity contribution in [2.75, 3.05) is 28.4 Å². The molecule has 0 aliphatic heterocycles. The third-order valence-corrected chi connectivity index (χ3v) is 3.93. The van der Waals surface area contributed by atoms with Crippen LogP contribution in [0.2, 0.25) is 0 Å². The lowest BCUT2D eigenvalue weighted by Crippen LogP contribution is -2.29. The van der Waals surface area contributed by atoms with Gasteiger partial charge in [0, 0.05) is 11.1 Å². The van der Waals surface area contributed by atoms with E-state index in [2.05, 4.69) is 14.2 Å². The molecular weight excluding hydrogens is 372 g/mol. The number of esters is 3. The minimum absolute atomic E-state index is 0.0214. The molecule has 0 amide bonds. The van der Waals surface area contributed by atoms with Gasteiger partial charge in [0.25, 0.3) is 0 Å². The summed E-state index contributed by atoms with van der Waals surface area (Å²) in [6.45, 7) is 0. The molecule has 0 spiro atoms. The number of ether oxygens (including phenoxy) is 4. The molecule has 148 valence electrons. The van der Waals surface area contributed by atoms with Gasteiger partial charge in [-0.1, -0.05) is 0 Å². The molecule has 0 aliphatic carbocycles. The lowest BCUT2D eigenvalue weighted by molar-refractivity contribution is -0.154. The van der Waals surface area contributed by atoms with E-state index in [-0.39, 0.29) is 11.3 Å². The zero-order valence-electron chi connectivity index (χ0n) is 15.6. The molecule has 0 radical (unpaired) electrons. The maximum absolute atomic E-state index is 12.5. The van der Waals surface area contributed by atoms with Gasteiger partial charge < -0.3 is 23.4 Å². The molecule has 0 unspecified atom stereocenters. The fourth-order valence-corrected chi connectivity index (χ4v) is 2.53. The molecule has 2 aromatic rings. The van der Waals surface area contributed by atoms with Crippen LogP contribution in [0.3, 0.4) is 0 Å². The van der Waals surface area contributed by atoms with Gasteiger partial charge in [-0.15, -0.1) is 0 Å². The fraction of sp³-hybridized carbons (Fsp3) is 0.263. The maximum Gasteiger partial charge on any atom is 0.351 e. The summed E-state index contributed by atoms with van der Waals surface area (Å²) in [6.07, 6.45) is 0. The van der Waals surface area contributed by atoms with E-state index in [4.69, 9.17) is 9.15 Å². The average Bonchev–Trinajstić information content (AvgIpc) is 2.72. The summed E-state index contributed by atoms with van der Waals surface area (Å²) in [7, 11) is 4.67. The predicted molar refractivity (Wildman–Crippen MR) is 95.1 cm³/mol. The fourth-order valence-electron chi connectivity index (χ4n) is 2.53. The highest BCUT2D eigenvalue weighted by molar-refractivity contribution is 6.04. The maximum atomic E-state index is 12.5. The molecule has 1 heterocycles. The van der Waals surface area contributed by atoms with Gasteiger partial charge in [0.1, 0.15) is 17.1 Å². The smallest absolute Gasteiger partial charge is 0.351 e. The van der Waals surface area contributed by atoms with E-state index >= 15 is 0 Å². The quantitative estimate of drug-likeness (QED) is 0.411. The minimum Gasteiger partial charge on any atom is -0.497 e. The van der Waals surface area contributed by atoms with Gasteiger partial charge in [-0.3, -0.25) is 9.59 Å². The van der Waals surface area contributed by atoms with Crippen molar-refractivity contribution >= 4 is 17.9 Å². The molecule has 0 aliphatic rings. The Bertz CT molecular complexity index is 925. The Hall–Kier alpha value is -3.62. The highest BCUT2D eigenvalue weighted by Crippen LogP contribution is 2.28. The molecule has 0 N–H and O–H groups in total. The van der Waals surface area contributed by atoms with E-state index in [0.717, 1.165) is 21.3 Å². The number of rotatable bonds is 6. The topological polar surface area (TPSA) is 118 Å². The SMILES string of the molecule is COC(=O)c1c(C(C(=O)OC)C(=O)OC)cc(-c2ccc(OC)cc2)oc1=O. The van der Waals surface area contributed by atoms with Crippen LogP contribution < -0.4 is 10.4 Å². The van der Waals surface area contributed by atoms with E-state index in [1.165, 1.54) is 13.2 Å².